The molecule has 15 heteroatoms. The van der Waals surface area contributed by atoms with E-state index in [0.29, 0.717) is 65.1 Å². The van der Waals surface area contributed by atoms with E-state index in [1.54, 1.807) is 48.5 Å². The molecule has 0 unspecified atom stereocenters. The predicted octanol–water partition coefficient (Wildman–Crippen LogP) is 5.13. The molecule has 0 fully saturated rings. The van der Waals surface area contributed by atoms with Gasteiger partial charge in [0.05, 0.1) is 96.1 Å². The van der Waals surface area contributed by atoms with Crippen molar-refractivity contribution in [3.63, 3.8) is 0 Å². The highest BCUT2D eigenvalue weighted by Crippen LogP contribution is 2.32. The third-order valence-electron chi connectivity index (χ3n) is 6.62. The number of benzene rings is 3. The molecule has 0 bridgehead atoms. The first-order chi connectivity index (χ1) is 24.8. The van der Waals surface area contributed by atoms with E-state index in [9.17, 15) is 27.6 Å². The lowest BCUT2D eigenvalue weighted by Crippen LogP contribution is -2.20. The number of esters is 2. The number of hydrogen-bond donors (Lipinski definition) is 1. The van der Waals surface area contributed by atoms with Crippen LogP contribution in [0.3, 0.4) is 0 Å². The fourth-order valence-electron chi connectivity index (χ4n) is 4.14. The highest BCUT2D eigenvalue weighted by atomic mass is 19.4. The van der Waals surface area contributed by atoms with Crippen LogP contribution in [0.1, 0.15) is 26.3 Å². The Balaban J connectivity index is 1.07. The lowest BCUT2D eigenvalue weighted by atomic mass is 10.1. The van der Waals surface area contributed by atoms with Crippen LogP contribution in [0.4, 0.5) is 24.5 Å². The zero-order chi connectivity index (χ0) is 36.6. The summed E-state index contributed by atoms with van der Waals surface area (Å²) >= 11 is 0. The van der Waals surface area contributed by atoms with Gasteiger partial charge in [0.1, 0.15) is 13.2 Å². The summed E-state index contributed by atoms with van der Waals surface area (Å²) in [5.41, 5.74) is 0.144. The van der Waals surface area contributed by atoms with Gasteiger partial charge in [0, 0.05) is 11.3 Å². The molecule has 0 heterocycles. The molecule has 278 valence electrons. The Hall–Kier alpha value is -4.38. The van der Waals surface area contributed by atoms with Crippen molar-refractivity contribution in [1.82, 2.24) is 0 Å². The number of carbonyl (C=O) groups is 3. The molecule has 3 aromatic rings. The molecule has 0 aromatic heterocycles. The molecule has 12 nitrogen and oxygen atoms in total. The van der Waals surface area contributed by atoms with Crippen LogP contribution in [0.5, 0.6) is 0 Å². The Bertz CT molecular complexity index is 1460. The smallest absolute Gasteiger partial charge is 0.416 e. The van der Waals surface area contributed by atoms with Gasteiger partial charge in [-0.2, -0.15) is 13.2 Å². The third-order valence-corrected chi connectivity index (χ3v) is 6.62. The molecule has 0 atom stereocenters. The summed E-state index contributed by atoms with van der Waals surface area (Å²) in [6.45, 7) is 3.74. The summed E-state index contributed by atoms with van der Waals surface area (Å²) in [4.78, 5) is 36.2. The van der Waals surface area contributed by atoms with E-state index in [4.69, 9.17) is 37.9 Å². The van der Waals surface area contributed by atoms with Crippen molar-refractivity contribution in [2.24, 2.45) is 0 Å². The van der Waals surface area contributed by atoms with Gasteiger partial charge >= 0.3 is 18.1 Å². The van der Waals surface area contributed by atoms with Crippen LogP contribution in [0.2, 0.25) is 0 Å². The number of rotatable bonds is 26. The summed E-state index contributed by atoms with van der Waals surface area (Å²) in [5.74, 6) is -2.26. The van der Waals surface area contributed by atoms with Crippen molar-refractivity contribution < 1.29 is 65.4 Å². The standard InChI is InChI=1S/C36H42F3NO11/c37-36(38,39)29-9-6-10-30(27-29)40-32-12-5-4-11-31(32)34(42)50-25-23-48-21-19-46-17-15-44-13-14-45-16-18-47-20-22-49-24-26-51-35(43)33(41)28-7-2-1-3-8-28/h1-12,27,40H,13-26H2. The normalized spacial score (nSPS) is 11.3. The van der Waals surface area contributed by atoms with E-state index >= 15 is 0 Å². The van der Waals surface area contributed by atoms with Gasteiger partial charge in [0.25, 0.3) is 5.78 Å². The van der Waals surface area contributed by atoms with Crippen LogP contribution >= 0.6 is 0 Å². The molecule has 3 rings (SSSR count). The monoisotopic (exact) mass is 721 g/mol. The molecule has 0 radical (unpaired) electrons. The number of alkyl halides is 3. The molecule has 0 saturated heterocycles. The number of ether oxygens (including phenoxy) is 8. The lowest BCUT2D eigenvalue weighted by Gasteiger charge is -2.13. The second-order valence-electron chi connectivity index (χ2n) is 10.4. The highest BCUT2D eigenvalue weighted by Gasteiger charge is 2.30. The molecule has 0 spiro atoms. The van der Waals surface area contributed by atoms with Gasteiger partial charge in [-0.3, -0.25) is 4.79 Å². The molecule has 0 saturated carbocycles. The van der Waals surface area contributed by atoms with Crippen LogP contribution < -0.4 is 5.32 Å². The number of halogens is 3. The molecule has 0 amide bonds. The van der Waals surface area contributed by atoms with Crippen molar-refractivity contribution in [2.45, 2.75) is 6.18 Å². The maximum atomic E-state index is 13.0. The van der Waals surface area contributed by atoms with Gasteiger partial charge in [-0.15, -0.1) is 0 Å². The molecular formula is C36H42F3NO11. The van der Waals surface area contributed by atoms with E-state index in [2.05, 4.69) is 5.32 Å². The van der Waals surface area contributed by atoms with Gasteiger partial charge in [-0.1, -0.05) is 48.5 Å². The van der Waals surface area contributed by atoms with E-state index < -0.39 is 29.5 Å². The van der Waals surface area contributed by atoms with E-state index in [1.165, 1.54) is 18.2 Å². The topological polar surface area (TPSA) is 137 Å². The fourth-order valence-corrected chi connectivity index (χ4v) is 4.14. The maximum Gasteiger partial charge on any atom is 0.416 e. The Morgan fingerprint density at radius 1 is 0.529 bits per heavy atom. The average molecular weight is 722 g/mol. The minimum atomic E-state index is -4.48. The Morgan fingerprint density at radius 2 is 1.00 bits per heavy atom. The third kappa shape index (κ3) is 16.9. The van der Waals surface area contributed by atoms with Crippen LogP contribution in [0.15, 0.2) is 78.9 Å². The predicted molar refractivity (Wildman–Crippen MR) is 178 cm³/mol. The summed E-state index contributed by atoms with van der Waals surface area (Å²) in [6, 6.07) is 19.2. The lowest BCUT2D eigenvalue weighted by molar-refractivity contribution is -0.140. The Kier molecular flexibility index (Phi) is 19.3. The Labute approximate surface area is 294 Å². The Morgan fingerprint density at radius 3 is 1.53 bits per heavy atom. The molecular weight excluding hydrogens is 679 g/mol. The van der Waals surface area contributed by atoms with Crippen LogP contribution in [-0.2, 0) is 48.9 Å². The summed E-state index contributed by atoms with van der Waals surface area (Å²) in [6.07, 6.45) is -4.48. The molecule has 51 heavy (non-hydrogen) atoms. The van der Waals surface area contributed by atoms with Crippen LogP contribution in [0, 0.1) is 0 Å². The molecule has 0 aliphatic rings. The van der Waals surface area contributed by atoms with Crippen LogP contribution in [-0.4, -0.2) is 110 Å². The summed E-state index contributed by atoms with van der Waals surface area (Å²) in [7, 11) is 0. The molecule has 0 aliphatic carbocycles. The number of nitrogens with one attached hydrogen (secondary N) is 1. The largest absolute Gasteiger partial charge is 0.460 e. The quantitative estimate of drug-likeness (QED) is 0.0509. The minimum Gasteiger partial charge on any atom is -0.460 e. The molecule has 1 N–H and O–H groups in total. The van der Waals surface area contributed by atoms with Gasteiger partial charge in [-0.05, 0) is 30.3 Å². The van der Waals surface area contributed by atoms with Gasteiger partial charge in [0.2, 0.25) is 0 Å². The van der Waals surface area contributed by atoms with E-state index in [-0.39, 0.29) is 49.8 Å². The average Bonchev–Trinajstić information content (AvgIpc) is 3.13. The zero-order valence-corrected chi connectivity index (χ0v) is 28.0. The van der Waals surface area contributed by atoms with Crippen molar-refractivity contribution in [2.75, 3.05) is 97.8 Å². The number of hydrogen-bond acceptors (Lipinski definition) is 12. The van der Waals surface area contributed by atoms with Crippen molar-refractivity contribution in [3.05, 3.63) is 95.6 Å². The number of carbonyl (C=O) groups excluding carboxylic acids is 3. The van der Waals surface area contributed by atoms with Crippen molar-refractivity contribution >= 4 is 29.1 Å². The van der Waals surface area contributed by atoms with Gasteiger partial charge in [0.15, 0.2) is 0 Å². The highest BCUT2D eigenvalue weighted by molar-refractivity contribution is 6.40. The van der Waals surface area contributed by atoms with E-state index in [1.807, 2.05) is 0 Å². The van der Waals surface area contributed by atoms with Crippen molar-refractivity contribution in [1.29, 1.82) is 0 Å². The number of ketones is 1. The summed E-state index contributed by atoms with van der Waals surface area (Å²) in [5, 5.41) is 2.85. The zero-order valence-electron chi connectivity index (χ0n) is 28.0. The number of anilines is 2. The SMILES string of the molecule is O=C(OCCOCCOCCOCCOCCOCCOCCOC(=O)c1ccccc1Nc1cccc(C(F)(F)F)c1)C(=O)c1ccccc1. The molecule has 0 aliphatic heterocycles. The van der Waals surface area contributed by atoms with Gasteiger partial charge < -0.3 is 43.2 Å². The number of Topliss-reactive ketones (excluding diaryl/α,β-unsaturated/α-hetero) is 1. The first-order valence-corrected chi connectivity index (χ1v) is 16.2. The van der Waals surface area contributed by atoms with E-state index in [0.717, 1.165) is 12.1 Å². The first-order valence-electron chi connectivity index (χ1n) is 16.2. The number of para-hydroxylation sites is 1. The fraction of sp³-hybridized carbons (Fsp3) is 0.417. The second kappa shape index (κ2) is 23.9. The van der Waals surface area contributed by atoms with Crippen LogP contribution in [0.25, 0.3) is 0 Å². The van der Waals surface area contributed by atoms with Crippen molar-refractivity contribution in [3.8, 4) is 0 Å². The summed E-state index contributed by atoms with van der Waals surface area (Å²) < 4.78 is 81.7. The maximum absolute atomic E-state index is 13.0. The molecule has 3 aromatic carbocycles. The first kappa shape index (κ1) is 41.0. The van der Waals surface area contributed by atoms with Gasteiger partial charge in [-0.25, -0.2) is 9.59 Å². The minimum absolute atomic E-state index is 0.0166. The second-order valence-corrected chi connectivity index (χ2v) is 10.4.